The summed E-state index contributed by atoms with van der Waals surface area (Å²) in [5.74, 6) is 3.22. The molecular weight excluding hydrogens is 218 g/mol. The quantitative estimate of drug-likeness (QED) is 0.789. The van der Waals surface area contributed by atoms with E-state index >= 15 is 0 Å². The second-order valence-corrected chi connectivity index (χ2v) is 4.69. The fourth-order valence-electron chi connectivity index (χ4n) is 1.15. The van der Waals surface area contributed by atoms with Crippen LogP contribution < -0.4 is 5.32 Å². The van der Waals surface area contributed by atoms with Crippen molar-refractivity contribution in [3.05, 3.63) is 35.9 Å². The minimum absolute atomic E-state index is 0.00104. The average Bonchev–Trinajstić information content (AvgIpc) is 2.34. The van der Waals surface area contributed by atoms with E-state index in [0.29, 0.717) is 6.54 Å². The van der Waals surface area contributed by atoms with Gasteiger partial charge in [-0.2, -0.15) is 0 Å². The second kappa shape index (κ2) is 6.97. The molecule has 0 saturated heterocycles. The highest BCUT2D eigenvalue weighted by Crippen LogP contribution is 2.17. The lowest BCUT2D eigenvalue weighted by atomic mass is 10.2. The summed E-state index contributed by atoms with van der Waals surface area (Å²) in [4.78, 5) is 11.5. The van der Waals surface area contributed by atoms with Gasteiger partial charge in [0.15, 0.2) is 0 Å². The Bertz CT molecular complexity index is 369. The number of rotatable bonds is 5. The lowest BCUT2D eigenvalue weighted by Gasteiger charge is -2.10. The number of hydrogen-bond acceptors (Lipinski definition) is 2. The van der Waals surface area contributed by atoms with Crippen molar-refractivity contribution in [1.29, 1.82) is 0 Å². The van der Waals surface area contributed by atoms with Crippen LogP contribution in [0.5, 0.6) is 0 Å². The summed E-state index contributed by atoms with van der Waals surface area (Å²) in [6.07, 6.45) is 5.07. The van der Waals surface area contributed by atoms with Crippen LogP contribution in [0.25, 0.3) is 0 Å². The van der Waals surface area contributed by atoms with E-state index in [1.165, 1.54) is 5.56 Å². The summed E-state index contributed by atoms with van der Waals surface area (Å²) in [6, 6.07) is 10.1. The minimum atomic E-state index is -0.0754. The molecule has 16 heavy (non-hydrogen) atoms. The smallest absolute Gasteiger partial charge is 0.233 e. The van der Waals surface area contributed by atoms with Crippen LogP contribution in [-0.4, -0.2) is 17.7 Å². The molecule has 0 radical (unpaired) electrons. The summed E-state index contributed by atoms with van der Waals surface area (Å²) < 4.78 is 0. The van der Waals surface area contributed by atoms with Crippen LogP contribution in [-0.2, 0) is 10.5 Å². The van der Waals surface area contributed by atoms with Gasteiger partial charge in [0.05, 0.1) is 11.8 Å². The topological polar surface area (TPSA) is 29.1 Å². The van der Waals surface area contributed by atoms with Gasteiger partial charge in [0.25, 0.3) is 0 Å². The van der Waals surface area contributed by atoms with E-state index in [1.807, 2.05) is 25.1 Å². The molecule has 3 heteroatoms. The number of terminal acetylenes is 1. The molecule has 1 atom stereocenters. The lowest BCUT2D eigenvalue weighted by molar-refractivity contribution is -0.120. The van der Waals surface area contributed by atoms with Crippen molar-refractivity contribution in [2.24, 2.45) is 0 Å². The lowest BCUT2D eigenvalue weighted by Crippen LogP contribution is -2.31. The molecule has 0 aliphatic carbocycles. The molecule has 0 bridgehead atoms. The zero-order chi connectivity index (χ0) is 11.8. The maximum Gasteiger partial charge on any atom is 0.233 e. The molecule has 0 saturated carbocycles. The van der Waals surface area contributed by atoms with Gasteiger partial charge in [0.2, 0.25) is 5.91 Å². The fraction of sp³-hybridized carbons (Fsp3) is 0.308. The predicted molar refractivity (Wildman–Crippen MR) is 69.0 cm³/mol. The molecule has 84 valence electrons. The minimum Gasteiger partial charge on any atom is -0.344 e. The Labute approximate surface area is 101 Å². The zero-order valence-corrected chi connectivity index (χ0v) is 10.1. The van der Waals surface area contributed by atoms with Crippen LogP contribution in [0.2, 0.25) is 0 Å². The molecule has 2 nitrogen and oxygen atoms in total. The number of carbonyl (C=O) groups is 1. The predicted octanol–water partition coefficient (Wildman–Crippen LogP) is 2.06. The van der Waals surface area contributed by atoms with Crippen molar-refractivity contribution in [3.63, 3.8) is 0 Å². The Hall–Kier alpha value is -1.40. The third-order valence-corrected chi connectivity index (χ3v) is 3.29. The first-order valence-corrected chi connectivity index (χ1v) is 6.15. The van der Waals surface area contributed by atoms with Gasteiger partial charge in [-0.15, -0.1) is 18.2 Å². The first-order valence-electron chi connectivity index (χ1n) is 5.10. The number of amides is 1. The molecule has 0 spiro atoms. The number of benzene rings is 1. The van der Waals surface area contributed by atoms with Gasteiger partial charge >= 0.3 is 0 Å². The Balaban J connectivity index is 2.33. The average molecular weight is 233 g/mol. The third kappa shape index (κ3) is 4.41. The van der Waals surface area contributed by atoms with E-state index in [1.54, 1.807) is 11.8 Å². The highest BCUT2D eigenvalue weighted by molar-refractivity contribution is 7.99. The summed E-state index contributed by atoms with van der Waals surface area (Å²) in [5, 5.41) is 2.60. The van der Waals surface area contributed by atoms with Crippen molar-refractivity contribution in [1.82, 2.24) is 5.32 Å². The monoisotopic (exact) mass is 233 g/mol. The van der Waals surface area contributed by atoms with Crippen LogP contribution in [0.15, 0.2) is 30.3 Å². The van der Waals surface area contributed by atoms with Crippen molar-refractivity contribution < 1.29 is 4.79 Å². The number of carbonyl (C=O) groups excluding carboxylic acids is 1. The van der Waals surface area contributed by atoms with Gasteiger partial charge in [0.1, 0.15) is 0 Å². The van der Waals surface area contributed by atoms with Crippen LogP contribution in [0, 0.1) is 12.3 Å². The first-order chi connectivity index (χ1) is 7.74. The van der Waals surface area contributed by atoms with E-state index in [2.05, 4.69) is 23.4 Å². The second-order valence-electron chi connectivity index (χ2n) is 3.36. The van der Waals surface area contributed by atoms with Gasteiger partial charge in [-0.3, -0.25) is 4.79 Å². The van der Waals surface area contributed by atoms with Crippen molar-refractivity contribution in [3.8, 4) is 12.3 Å². The molecule has 1 rings (SSSR count). The molecule has 1 N–H and O–H groups in total. The summed E-state index contributed by atoms with van der Waals surface area (Å²) in [6.45, 7) is 2.19. The SMILES string of the molecule is C#CCNC(=O)C(C)SCc1ccccc1. The van der Waals surface area contributed by atoms with Crippen molar-refractivity contribution in [2.45, 2.75) is 17.9 Å². The normalized spacial score (nSPS) is 11.5. The van der Waals surface area contributed by atoms with Crippen LogP contribution in [0.1, 0.15) is 12.5 Å². The highest BCUT2D eigenvalue weighted by Gasteiger charge is 2.11. The Morgan fingerprint density at radius 3 is 2.81 bits per heavy atom. The largest absolute Gasteiger partial charge is 0.344 e. The Morgan fingerprint density at radius 2 is 2.19 bits per heavy atom. The highest BCUT2D eigenvalue weighted by atomic mass is 32.2. The van der Waals surface area contributed by atoms with Crippen LogP contribution >= 0.6 is 11.8 Å². The van der Waals surface area contributed by atoms with E-state index in [-0.39, 0.29) is 11.2 Å². The molecule has 0 heterocycles. The molecule has 1 aromatic carbocycles. The molecule has 1 aromatic rings. The molecule has 0 aromatic heterocycles. The third-order valence-electron chi connectivity index (χ3n) is 2.08. The summed E-state index contributed by atoms with van der Waals surface area (Å²) in [7, 11) is 0. The maximum atomic E-state index is 11.5. The van der Waals surface area contributed by atoms with Crippen LogP contribution in [0.4, 0.5) is 0 Å². The van der Waals surface area contributed by atoms with Gasteiger partial charge in [0, 0.05) is 5.75 Å². The first kappa shape index (κ1) is 12.7. The van der Waals surface area contributed by atoms with Gasteiger partial charge in [-0.1, -0.05) is 36.3 Å². The number of thioether (sulfide) groups is 1. The van der Waals surface area contributed by atoms with Crippen molar-refractivity contribution >= 4 is 17.7 Å². The number of nitrogens with one attached hydrogen (secondary N) is 1. The summed E-state index contributed by atoms with van der Waals surface area (Å²) in [5.41, 5.74) is 1.23. The van der Waals surface area contributed by atoms with Gasteiger partial charge < -0.3 is 5.32 Å². The van der Waals surface area contributed by atoms with E-state index in [9.17, 15) is 4.79 Å². The molecule has 0 aliphatic rings. The standard InChI is InChI=1S/C13H15NOS/c1-3-9-14-13(15)11(2)16-10-12-7-5-4-6-8-12/h1,4-8,11H,9-10H2,2H3,(H,14,15). The molecule has 0 fully saturated rings. The maximum absolute atomic E-state index is 11.5. The number of hydrogen-bond donors (Lipinski definition) is 1. The van der Waals surface area contributed by atoms with E-state index in [4.69, 9.17) is 6.42 Å². The zero-order valence-electron chi connectivity index (χ0n) is 9.27. The molecule has 1 unspecified atom stereocenters. The van der Waals surface area contributed by atoms with Gasteiger partial charge in [-0.25, -0.2) is 0 Å². The molecule has 1 amide bonds. The van der Waals surface area contributed by atoms with E-state index < -0.39 is 0 Å². The summed E-state index contributed by atoms with van der Waals surface area (Å²) >= 11 is 1.61. The van der Waals surface area contributed by atoms with Gasteiger partial charge in [-0.05, 0) is 12.5 Å². The molecule has 0 aliphatic heterocycles. The Morgan fingerprint density at radius 1 is 1.50 bits per heavy atom. The van der Waals surface area contributed by atoms with Crippen LogP contribution in [0.3, 0.4) is 0 Å². The molecular formula is C13H15NOS. The van der Waals surface area contributed by atoms with Crippen molar-refractivity contribution in [2.75, 3.05) is 6.54 Å². The fourth-order valence-corrected chi connectivity index (χ4v) is 2.02. The van der Waals surface area contributed by atoms with E-state index in [0.717, 1.165) is 5.75 Å². The Kier molecular flexibility index (Phi) is 5.52.